The van der Waals surface area contributed by atoms with Gasteiger partial charge in [-0.1, -0.05) is 84.9 Å². The van der Waals surface area contributed by atoms with Gasteiger partial charge < -0.3 is 20.1 Å². The monoisotopic (exact) mass is 556 g/mol. The van der Waals surface area contributed by atoms with Crippen molar-refractivity contribution in [1.82, 2.24) is 0 Å². The Kier molecular flexibility index (Phi) is 9.61. The Labute approximate surface area is 245 Å². The van der Waals surface area contributed by atoms with Crippen LogP contribution in [0, 0.1) is 0 Å². The third-order valence-corrected chi connectivity index (χ3v) is 6.65. The molecule has 0 aliphatic carbocycles. The van der Waals surface area contributed by atoms with E-state index in [1.165, 1.54) is 11.1 Å². The Hall–Kier alpha value is -5.36. The van der Waals surface area contributed by atoms with Crippen LogP contribution in [0.3, 0.4) is 0 Å². The minimum Gasteiger partial charge on any atom is -0.492 e. The van der Waals surface area contributed by atoms with Crippen molar-refractivity contribution in [2.75, 3.05) is 23.8 Å². The third-order valence-electron chi connectivity index (χ3n) is 6.65. The van der Waals surface area contributed by atoms with E-state index in [2.05, 4.69) is 10.6 Å². The van der Waals surface area contributed by atoms with Crippen LogP contribution in [-0.4, -0.2) is 25.0 Å². The first-order valence-corrected chi connectivity index (χ1v) is 13.9. The van der Waals surface area contributed by atoms with Gasteiger partial charge in [0.25, 0.3) is 11.8 Å². The molecule has 210 valence electrons. The highest BCUT2D eigenvalue weighted by atomic mass is 16.5. The van der Waals surface area contributed by atoms with E-state index in [0.717, 1.165) is 12.8 Å². The molecular weight excluding hydrogens is 524 g/mol. The fourth-order valence-corrected chi connectivity index (χ4v) is 4.44. The van der Waals surface area contributed by atoms with Gasteiger partial charge in [-0.2, -0.15) is 0 Å². The van der Waals surface area contributed by atoms with Gasteiger partial charge in [-0.3, -0.25) is 9.59 Å². The molecule has 0 saturated heterocycles. The quantitative estimate of drug-likeness (QED) is 0.168. The molecule has 0 heterocycles. The van der Waals surface area contributed by atoms with Gasteiger partial charge in [0, 0.05) is 24.2 Å². The molecule has 0 aliphatic heterocycles. The standard InChI is InChI=1S/C36H32N2O4/c39-35(31-15-7-9-17-33(31)41-25-23-27-11-3-1-4-12-27)37-29-19-21-30(22-20-29)38-36(40)32-16-8-10-18-34(32)42-26-24-28-13-5-2-6-14-28/h1-22H,23-26H2,(H,37,39)(H,38,40). The molecule has 5 aromatic rings. The summed E-state index contributed by atoms with van der Waals surface area (Å²) in [6.07, 6.45) is 1.49. The number of nitrogens with one attached hydrogen (secondary N) is 2. The van der Waals surface area contributed by atoms with Crippen molar-refractivity contribution in [3.05, 3.63) is 156 Å². The SMILES string of the molecule is O=C(Nc1ccc(NC(=O)c2ccccc2OCCc2ccccc2)cc1)c1ccccc1OCCc1ccccc1. The van der Waals surface area contributed by atoms with E-state index in [0.29, 0.717) is 47.2 Å². The topological polar surface area (TPSA) is 76.7 Å². The van der Waals surface area contributed by atoms with Crippen molar-refractivity contribution in [1.29, 1.82) is 0 Å². The van der Waals surface area contributed by atoms with Crippen LogP contribution in [0.4, 0.5) is 11.4 Å². The summed E-state index contributed by atoms with van der Waals surface area (Å²) in [6, 6.07) is 41.5. The summed E-state index contributed by atoms with van der Waals surface area (Å²) < 4.78 is 11.9. The predicted octanol–water partition coefficient (Wildman–Crippen LogP) is 7.43. The summed E-state index contributed by atoms with van der Waals surface area (Å²) in [4.78, 5) is 26.1. The van der Waals surface area contributed by atoms with Crippen LogP contribution in [-0.2, 0) is 12.8 Å². The average molecular weight is 557 g/mol. The fourth-order valence-electron chi connectivity index (χ4n) is 4.44. The Morgan fingerprint density at radius 2 is 0.810 bits per heavy atom. The van der Waals surface area contributed by atoms with Gasteiger partial charge in [0.2, 0.25) is 0 Å². The van der Waals surface area contributed by atoms with Crippen molar-refractivity contribution < 1.29 is 19.1 Å². The Morgan fingerprint density at radius 3 is 1.21 bits per heavy atom. The predicted molar refractivity (Wildman–Crippen MR) is 167 cm³/mol. The number of anilines is 2. The summed E-state index contributed by atoms with van der Waals surface area (Å²) in [5.41, 5.74) is 4.44. The van der Waals surface area contributed by atoms with Crippen molar-refractivity contribution in [2.45, 2.75) is 12.8 Å². The molecule has 0 bridgehead atoms. The second-order valence-electron chi connectivity index (χ2n) is 9.65. The Morgan fingerprint density at radius 1 is 0.452 bits per heavy atom. The second kappa shape index (κ2) is 14.3. The van der Waals surface area contributed by atoms with E-state index in [4.69, 9.17) is 9.47 Å². The summed E-state index contributed by atoms with van der Waals surface area (Å²) in [6.45, 7) is 0.924. The maximum Gasteiger partial charge on any atom is 0.259 e. The van der Waals surface area contributed by atoms with Crippen LogP contribution < -0.4 is 20.1 Å². The molecule has 0 atom stereocenters. The van der Waals surface area contributed by atoms with E-state index in [1.54, 1.807) is 60.7 Å². The smallest absolute Gasteiger partial charge is 0.259 e. The highest BCUT2D eigenvalue weighted by Gasteiger charge is 2.14. The van der Waals surface area contributed by atoms with E-state index < -0.39 is 0 Å². The number of benzene rings is 5. The van der Waals surface area contributed by atoms with Gasteiger partial charge >= 0.3 is 0 Å². The van der Waals surface area contributed by atoms with Crippen molar-refractivity contribution in [3.63, 3.8) is 0 Å². The highest BCUT2D eigenvalue weighted by Crippen LogP contribution is 2.23. The maximum absolute atomic E-state index is 13.1. The molecule has 0 radical (unpaired) electrons. The highest BCUT2D eigenvalue weighted by molar-refractivity contribution is 6.07. The lowest BCUT2D eigenvalue weighted by Gasteiger charge is -2.13. The molecule has 6 heteroatoms. The molecular formula is C36H32N2O4. The Balaban J connectivity index is 1.16. The normalized spacial score (nSPS) is 10.5. The molecule has 2 N–H and O–H groups in total. The second-order valence-corrected chi connectivity index (χ2v) is 9.65. The molecule has 0 spiro atoms. The minimum absolute atomic E-state index is 0.274. The van der Waals surface area contributed by atoms with Gasteiger partial charge in [-0.25, -0.2) is 0 Å². The number of rotatable bonds is 12. The fraction of sp³-hybridized carbons (Fsp3) is 0.111. The molecule has 5 aromatic carbocycles. The van der Waals surface area contributed by atoms with Crippen LogP contribution in [0.2, 0.25) is 0 Å². The molecule has 0 saturated carbocycles. The first kappa shape index (κ1) is 28.2. The van der Waals surface area contributed by atoms with Gasteiger partial charge in [0.15, 0.2) is 0 Å². The van der Waals surface area contributed by atoms with Gasteiger partial charge in [-0.05, 0) is 59.7 Å². The summed E-state index contributed by atoms with van der Waals surface area (Å²) >= 11 is 0. The van der Waals surface area contributed by atoms with Crippen LogP contribution in [0.15, 0.2) is 133 Å². The minimum atomic E-state index is -0.274. The zero-order valence-electron chi connectivity index (χ0n) is 23.2. The molecule has 0 fully saturated rings. The molecule has 6 nitrogen and oxygen atoms in total. The van der Waals surface area contributed by atoms with Crippen molar-refractivity contribution >= 4 is 23.2 Å². The third kappa shape index (κ3) is 7.86. The first-order valence-electron chi connectivity index (χ1n) is 13.9. The van der Waals surface area contributed by atoms with Gasteiger partial charge in [0.05, 0.1) is 24.3 Å². The first-order chi connectivity index (χ1) is 20.7. The molecule has 2 amide bonds. The lowest BCUT2D eigenvalue weighted by atomic mass is 10.1. The van der Waals surface area contributed by atoms with Crippen LogP contribution >= 0.6 is 0 Å². The van der Waals surface area contributed by atoms with Gasteiger partial charge in [0.1, 0.15) is 11.5 Å². The van der Waals surface area contributed by atoms with Crippen LogP contribution in [0.25, 0.3) is 0 Å². The summed E-state index contributed by atoms with van der Waals surface area (Å²) in [7, 11) is 0. The van der Waals surface area contributed by atoms with Crippen molar-refractivity contribution in [3.8, 4) is 11.5 Å². The maximum atomic E-state index is 13.1. The lowest BCUT2D eigenvalue weighted by Crippen LogP contribution is -2.15. The van der Waals surface area contributed by atoms with Gasteiger partial charge in [-0.15, -0.1) is 0 Å². The largest absolute Gasteiger partial charge is 0.492 e. The van der Waals surface area contributed by atoms with Crippen LogP contribution in [0.5, 0.6) is 11.5 Å². The molecule has 0 aromatic heterocycles. The summed E-state index contributed by atoms with van der Waals surface area (Å²) in [5.74, 6) is 0.506. The lowest BCUT2D eigenvalue weighted by molar-refractivity contribution is 0.101. The number of hydrogen-bond donors (Lipinski definition) is 2. The molecule has 0 unspecified atom stereocenters. The zero-order valence-corrected chi connectivity index (χ0v) is 23.2. The number of ether oxygens (including phenoxy) is 2. The summed E-state index contributed by atoms with van der Waals surface area (Å²) in [5, 5.41) is 5.83. The number of para-hydroxylation sites is 2. The van der Waals surface area contributed by atoms with E-state index >= 15 is 0 Å². The molecule has 5 rings (SSSR count). The zero-order chi connectivity index (χ0) is 29.0. The van der Waals surface area contributed by atoms with E-state index in [9.17, 15) is 9.59 Å². The number of carbonyl (C=O) groups is 2. The number of amides is 2. The average Bonchev–Trinajstić information content (AvgIpc) is 3.03. The molecule has 42 heavy (non-hydrogen) atoms. The van der Waals surface area contributed by atoms with Crippen molar-refractivity contribution in [2.24, 2.45) is 0 Å². The van der Waals surface area contributed by atoms with Crippen LogP contribution in [0.1, 0.15) is 31.8 Å². The Bertz CT molecular complexity index is 1480. The van der Waals surface area contributed by atoms with E-state index in [1.807, 2.05) is 72.8 Å². The number of hydrogen-bond acceptors (Lipinski definition) is 4. The molecule has 0 aliphatic rings. The van der Waals surface area contributed by atoms with E-state index in [-0.39, 0.29) is 11.8 Å². The number of carbonyl (C=O) groups excluding carboxylic acids is 2.